The molecule has 0 aliphatic heterocycles. The maximum atomic E-state index is 11.1. The number of rotatable bonds is 4. The number of halogens is 2. The second-order valence-corrected chi connectivity index (χ2v) is 4.36. The Morgan fingerprint density at radius 3 is 2.93 bits per heavy atom. The second-order valence-electron chi connectivity index (χ2n) is 3.04. The summed E-state index contributed by atoms with van der Waals surface area (Å²) < 4.78 is 5.80. The first-order chi connectivity index (χ1) is 7.13. The molecule has 0 fully saturated rings. The molecule has 0 unspecified atom stereocenters. The van der Waals surface area contributed by atoms with Gasteiger partial charge in [0.05, 0.1) is 6.61 Å². The fourth-order valence-corrected chi connectivity index (χ4v) is 1.83. The van der Waals surface area contributed by atoms with Crippen LogP contribution in [0.3, 0.4) is 0 Å². The van der Waals surface area contributed by atoms with Crippen LogP contribution >= 0.6 is 27.5 Å². The van der Waals surface area contributed by atoms with E-state index in [0.29, 0.717) is 24.5 Å². The number of carbonyl (C=O) groups is 1. The van der Waals surface area contributed by atoms with E-state index in [9.17, 15) is 4.79 Å². The SMILES string of the molecule is CCOC(=O)CCc1cc(Br)ccc1Cl. The molecule has 0 atom stereocenters. The van der Waals surface area contributed by atoms with E-state index in [1.165, 1.54) is 0 Å². The summed E-state index contributed by atoms with van der Waals surface area (Å²) >= 11 is 9.34. The molecule has 1 aromatic carbocycles. The van der Waals surface area contributed by atoms with Crippen LogP contribution in [0.1, 0.15) is 18.9 Å². The number of hydrogen-bond acceptors (Lipinski definition) is 2. The molecule has 0 radical (unpaired) electrons. The van der Waals surface area contributed by atoms with Crippen molar-refractivity contribution in [1.29, 1.82) is 0 Å². The molecule has 0 spiro atoms. The molecule has 0 heterocycles. The van der Waals surface area contributed by atoms with Crippen LogP contribution in [0.4, 0.5) is 0 Å². The quantitative estimate of drug-likeness (QED) is 0.792. The van der Waals surface area contributed by atoms with Crippen LogP contribution in [0.2, 0.25) is 5.02 Å². The third-order valence-corrected chi connectivity index (χ3v) is 2.77. The van der Waals surface area contributed by atoms with Crippen molar-refractivity contribution in [2.75, 3.05) is 6.61 Å². The fourth-order valence-electron chi connectivity index (χ4n) is 1.20. The Labute approximate surface area is 103 Å². The molecule has 4 heteroatoms. The highest BCUT2D eigenvalue weighted by Crippen LogP contribution is 2.22. The van der Waals surface area contributed by atoms with Crippen LogP contribution in [0.25, 0.3) is 0 Å². The number of carbonyl (C=O) groups excluding carboxylic acids is 1. The number of hydrogen-bond donors (Lipinski definition) is 0. The largest absolute Gasteiger partial charge is 0.466 e. The van der Waals surface area contributed by atoms with Gasteiger partial charge in [-0.3, -0.25) is 4.79 Å². The number of esters is 1. The van der Waals surface area contributed by atoms with Gasteiger partial charge in [0.1, 0.15) is 0 Å². The van der Waals surface area contributed by atoms with E-state index in [0.717, 1.165) is 10.0 Å². The molecule has 0 saturated heterocycles. The van der Waals surface area contributed by atoms with E-state index >= 15 is 0 Å². The zero-order chi connectivity index (χ0) is 11.3. The summed E-state index contributed by atoms with van der Waals surface area (Å²) in [4.78, 5) is 11.1. The third-order valence-electron chi connectivity index (χ3n) is 1.91. The first-order valence-corrected chi connectivity index (χ1v) is 5.90. The van der Waals surface area contributed by atoms with E-state index < -0.39 is 0 Å². The van der Waals surface area contributed by atoms with E-state index in [1.807, 2.05) is 18.2 Å². The lowest BCUT2D eigenvalue weighted by atomic mass is 10.1. The highest BCUT2D eigenvalue weighted by Gasteiger charge is 2.06. The normalized spacial score (nSPS) is 10.1. The van der Waals surface area contributed by atoms with Crippen molar-refractivity contribution in [1.82, 2.24) is 0 Å². The van der Waals surface area contributed by atoms with Crippen LogP contribution in [-0.2, 0) is 16.0 Å². The summed E-state index contributed by atoms with van der Waals surface area (Å²) in [7, 11) is 0. The van der Waals surface area contributed by atoms with Crippen molar-refractivity contribution in [3.8, 4) is 0 Å². The minimum absolute atomic E-state index is 0.187. The van der Waals surface area contributed by atoms with Crippen molar-refractivity contribution >= 4 is 33.5 Å². The number of aryl methyl sites for hydroxylation is 1. The Kier molecular flexibility index (Phi) is 5.12. The van der Waals surface area contributed by atoms with Crippen LogP contribution < -0.4 is 0 Å². The first-order valence-electron chi connectivity index (χ1n) is 4.73. The van der Waals surface area contributed by atoms with Crippen LogP contribution in [0.5, 0.6) is 0 Å². The Hall–Kier alpha value is -0.540. The summed E-state index contributed by atoms with van der Waals surface area (Å²) in [5, 5.41) is 0.683. The van der Waals surface area contributed by atoms with Crippen molar-refractivity contribution in [2.24, 2.45) is 0 Å². The smallest absolute Gasteiger partial charge is 0.306 e. The van der Waals surface area contributed by atoms with Gasteiger partial charge in [0, 0.05) is 15.9 Å². The molecule has 0 amide bonds. The highest BCUT2D eigenvalue weighted by molar-refractivity contribution is 9.10. The number of benzene rings is 1. The summed E-state index contributed by atoms with van der Waals surface area (Å²) in [5.74, 6) is -0.187. The van der Waals surface area contributed by atoms with Crippen molar-refractivity contribution in [3.63, 3.8) is 0 Å². The van der Waals surface area contributed by atoms with Gasteiger partial charge in [-0.15, -0.1) is 0 Å². The van der Waals surface area contributed by atoms with Gasteiger partial charge in [0.25, 0.3) is 0 Å². The third kappa shape index (κ3) is 4.22. The van der Waals surface area contributed by atoms with E-state index in [2.05, 4.69) is 15.9 Å². The maximum Gasteiger partial charge on any atom is 0.306 e. The lowest BCUT2D eigenvalue weighted by Gasteiger charge is -2.04. The summed E-state index contributed by atoms with van der Waals surface area (Å²) in [6, 6.07) is 5.60. The molecule has 0 aliphatic rings. The Balaban J connectivity index is 2.57. The van der Waals surface area contributed by atoms with Gasteiger partial charge in [0.2, 0.25) is 0 Å². The molecule has 1 aromatic rings. The van der Waals surface area contributed by atoms with Crippen molar-refractivity contribution in [3.05, 3.63) is 33.3 Å². The van der Waals surface area contributed by atoms with Crippen molar-refractivity contribution < 1.29 is 9.53 Å². The molecular weight excluding hydrogens is 279 g/mol. The van der Waals surface area contributed by atoms with Gasteiger partial charge in [-0.1, -0.05) is 27.5 Å². The summed E-state index contributed by atoms with van der Waals surface area (Å²) in [6.45, 7) is 2.22. The first kappa shape index (κ1) is 12.5. The van der Waals surface area contributed by atoms with E-state index in [4.69, 9.17) is 16.3 Å². The van der Waals surface area contributed by atoms with Crippen LogP contribution in [-0.4, -0.2) is 12.6 Å². The van der Waals surface area contributed by atoms with Gasteiger partial charge in [-0.25, -0.2) is 0 Å². The Bertz CT molecular complexity index is 352. The fraction of sp³-hybridized carbons (Fsp3) is 0.364. The molecule has 1 rings (SSSR count). The molecule has 15 heavy (non-hydrogen) atoms. The van der Waals surface area contributed by atoms with Gasteiger partial charge in [-0.2, -0.15) is 0 Å². The zero-order valence-electron chi connectivity index (χ0n) is 8.43. The molecule has 0 aromatic heterocycles. The minimum Gasteiger partial charge on any atom is -0.466 e. The zero-order valence-corrected chi connectivity index (χ0v) is 10.8. The molecule has 82 valence electrons. The molecule has 2 nitrogen and oxygen atoms in total. The van der Waals surface area contributed by atoms with Crippen LogP contribution in [0.15, 0.2) is 22.7 Å². The molecule has 0 saturated carbocycles. The monoisotopic (exact) mass is 290 g/mol. The summed E-state index contributed by atoms with van der Waals surface area (Å²) in [6.07, 6.45) is 0.973. The Morgan fingerprint density at radius 2 is 2.27 bits per heavy atom. The van der Waals surface area contributed by atoms with E-state index in [1.54, 1.807) is 6.92 Å². The topological polar surface area (TPSA) is 26.3 Å². The standard InChI is InChI=1S/C11H12BrClO2/c1-2-15-11(14)6-3-8-7-9(12)4-5-10(8)13/h4-5,7H,2-3,6H2,1H3. The average Bonchev–Trinajstić information content (AvgIpc) is 2.20. The lowest BCUT2D eigenvalue weighted by Crippen LogP contribution is -2.05. The van der Waals surface area contributed by atoms with Gasteiger partial charge < -0.3 is 4.74 Å². The maximum absolute atomic E-state index is 11.1. The minimum atomic E-state index is -0.187. The predicted octanol–water partition coefficient (Wildman–Crippen LogP) is 3.60. The van der Waals surface area contributed by atoms with E-state index in [-0.39, 0.29) is 5.97 Å². The van der Waals surface area contributed by atoms with Gasteiger partial charge in [-0.05, 0) is 37.1 Å². The summed E-state index contributed by atoms with van der Waals surface area (Å²) in [5.41, 5.74) is 0.957. The second kappa shape index (κ2) is 6.13. The molecule has 0 N–H and O–H groups in total. The highest BCUT2D eigenvalue weighted by atomic mass is 79.9. The molecule has 0 aliphatic carbocycles. The predicted molar refractivity (Wildman–Crippen MR) is 64.1 cm³/mol. The van der Waals surface area contributed by atoms with Gasteiger partial charge in [0.15, 0.2) is 0 Å². The molecular formula is C11H12BrClO2. The lowest BCUT2D eigenvalue weighted by molar-refractivity contribution is -0.143. The number of ether oxygens (including phenoxy) is 1. The van der Waals surface area contributed by atoms with Crippen LogP contribution in [0, 0.1) is 0 Å². The Morgan fingerprint density at radius 1 is 1.53 bits per heavy atom. The van der Waals surface area contributed by atoms with Gasteiger partial charge >= 0.3 is 5.97 Å². The molecule has 0 bridgehead atoms. The van der Waals surface area contributed by atoms with Crippen molar-refractivity contribution in [2.45, 2.75) is 19.8 Å². The average molecular weight is 292 g/mol.